The molecule has 0 aromatic rings. The molecular formula is C11H21NO3. The Kier molecular flexibility index (Phi) is 5.05. The molecule has 1 heterocycles. The Bertz CT molecular complexity index is 200. The highest BCUT2D eigenvalue weighted by molar-refractivity contribution is 5.75. The first-order valence-corrected chi connectivity index (χ1v) is 5.65. The van der Waals surface area contributed by atoms with Crippen LogP contribution in [-0.2, 0) is 14.3 Å². The molecule has 0 aromatic heterocycles. The van der Waals surface area contributed by atoms with Crippen LogP contribution in [0.15, 0.2) is 0 Å². The summed E-state index contributed by atoms with van der Waals surface area (Å²) in [4.78, 5) is 11.4. The first-order chi connectivity index (χ1) is 7.11. The first-order valence-electron chi connectivity index (χ1n) is 5.65. The van der Waals surface area contributed by atoms with Gasteiger partial charge in [0.15, 0.2) is 0 Å². The smallest absolute Gasteiger partial charge is 0.323 e. The zero-order valence-electron chi connectivity index (χ0n) is 9.57. The molecule has 0 aliphatic carbocycles. The number of rotatable bonds is 4. The van der Waals surface area contributed by atoms with Crippen LogP contribution in [0.25, 0.3) is 0 Å². The number of esters is 1. The fourth-order valence-corrected chi connectivity index (χ4v) is 1.48. The molecule has 0 radical (unpaired) electrons. The molecule has 0 amide bonds. The van der Waals surface area contributed by atoms with Crippen LogP contribution >= 0.6 is 0 Å². The van der Waals surface area contributed by atoms with Crippen LogP contribution in [-0.4, -0.2) is 31.3 Å². The van der Waals surface area contributed by atoms with E-state index in [1.165, 1.54) is 0 Å². The van der Waals surface area contributed by atoms with Gasteiger partial charge in [0.1, 0.15) is 12.6 Å². The molecule has 15 heavy (non-hydrogen) atoms. The highest BCUT2D eigenvalue weighted by Crippen LogP contribution is 2.13. The van der Waals surface area contributed by atoms with Crippen LogP contribution in [0.5, 0.6) is 0 Å². The fourth-order valence-electron chi connectivity index (χ4n) is 1.48. The van der Waals surface area contributed by atoms with E-state index < -0.39 is 6.04 Å². The standard InChI is InChI=1S/C11H21NO3/c1-8(2)10(12)11(13)15-7-9-5-3-4-6-14-9/h8-10H,3-7,12H2,1-2H3/t9?,10-/m1/s1. The van der Waals surface area contributed by atoms with Crippen LogP contribution in [0.4, 0.5) is 0 Å². The molecule has 0 bridgehead atoms. The molecule has 1 unspecified atom stereocenters. The average molecular weight is 215 g/mol. The van der Waals surface area contributed by atoms with E-state index in [-0.39, 0.29) is 18.0 Å². The second-order valence-corrected chi connectivity index (χ2v) is 4.39. The third kappa shape index (κ3) is 4.18. The summed E-state index contributed by atoms with van der Waals surface area (Å²) in [6, 6.07) is -0.520. The van der Waals surface area contributed by atoms with Gasteiger partial charge in [-0.15, -0.1) is 0 Å². The van der Waals surface area contributed by atoms with Crippen molar-refractivity contribution in [2.24, 2.45) is 11.7 Å². The van der Waals surface area contributed by atoms with E-state index in [1.54, 1.807) is 0 Å². The molecule has 2 N–H and O–H groups in total. The lowest BCUT2D eigenvalue weighted by Crippen LogP contribution is -2.38. The summed E-state index contributed by atoms with van der Waals surface area (Å²) < 4.78 is 10.6. The van der Waals surface area contributed by atoms with Crippen molar-refractivity contribution in [2.45, 2.75) is 45.3 Å². The van der Waals surface area contributed by atoms with Gasteiger partial charge >= 0.3 is 5.97 Å². The van der Waals surface area contributed by atoms with Gasteiger partial charge in [0, 0.05) is 6.61 Å². The molecule has 1 saturated heterocycles. The Hall–Kier alpha value is -0.610. The number of hydrogen-bond acceptors (Lipinski definition) is 4. The Morgan fingerprint density at radius 3 is 2.80 bits per heavy atom. The van der Waals surface area contributed by atoms with Crippen LogP contribution < -0.4 is 5.73 Å². The predicted molar refractivity (Wildman–Crippen MR) is 57.4 cm³/mol. The van der Waals surface area contributed by atoms with E-state index in [9.17, 15) is 4.79 Å². The summed E-state index contributed by atoms with van der Waals surface area (Å²) >= 11 is 0. The Morgan fingerprint density at radius 1 is 1.53 bits per heavy atom. The quantitative estimate of drug-likeness (QED) is 0.713. The van der Waals surface area contributed by atoms with Crippen molar-refractivity contribution >= 4 is 5.97 Å². The van der Waals surface area contributed by atoms with Crippen molar-refractivity contribution in [3.05, 3.63) is 0 Å². The SMILES string of the molecule is CC(C)[C@@H](N)C(=O)OCC1CCCCO1. The Labute approximate surface area is 91.1 Å². The van der Waals surface area contributed by atoms with Crippen molar-refractivity contribution in [3.8, 4) is 0 Å². The second kappa shape index (κ2) is 6.08. The number of ether oxygens (including phenoxy) is 2. The van der Waals surface area contributed by atoms with Crippen molar-refractivity contribution in [1.82, 2.24) is 0 Å². The van der Waals surface area contributed by atoms with Crippen LogP contribution in [0.2, 0.25) is 0 Å². The summed E-state index contributed by atoms with van der Waals surface area (Å²) in [5, 5.41) is 0. The summed E-state index contributed by atoms with van der Waals surface area (Å²) in [7, 11) is 0. The molecule has 1 rings (SSSR count). The van der Waals surface area contributed by atoms with Gasteiger partial charge in [-0.05, 0) is 25.2 Å². The van der Waals surface area contributed by atoms with Crippen molar-refractivity contribution in [1.29, 1.82) is 0 Å². The Morgan fingerprint density at radius 2 is 2.27 bits per heavy atom. The topological polar surface area (TPSA) is 61.6 Å². The molecule has 88 valence electrons. The second-order valence-electron chi connectivity index (χ2n) is 4.39. The maximum absolute atomic E-state index is 11.4. The lowest BCUT2D eigenvalue weighted by molar-refractivity contribution is -0.151. The third-order valence-electron chi connectivity index (χ3n) is 2.68. The highest BCUT2D eigenvalue weighted by Gasteiger charge is 2.21. The summed E-state index contributed by atoms with van der Waals surface area (Å²) in [5.41, 5.74) is 5.66. The number of carbonyl (C=O) groups is 1. The van der Waals surface area contributed by atoms with Gasteiger partial charge in [-0.3, -0.25) is 4.79 Å². The minimum Gasteiger partial charge on any atom is -0.462 e. The van der Waals surface area contributed by atoms with Crippen LogP contribution in [0, 0.1) is 5.92 Å². The zero-order valence-corrected chi connectivity index (χ0v) is 9.57. The maximum Gasteiger partial charge on any atom is 0.323 e. The van der Waals surface area contributed by atoms with E-state index in [0.717, 1.165) is 25.9 Å². The first kappa shape index (κ1) is 12.5. The molecule has 0 aromatic carbocycles. The summed E-state index contributed by atoms with van der Waals surface area (Å²) in [6.07, 6.45) is 3.31. The van der Waals surface area contributed by atoms with Gasteiger partial charge in [-0.25, -0.2) is 0 Å². The van der Waals surface area contributed by atoms with E-state index in [0.29, 0.717) is 6.61 Å². The van der Waals surface area contributed by atoms with Gasteiger partial charge in [-0.2, -0.15) is 0 Å². The number of hydrogen-bond donors (Lipinski definition) is 1. The van der Waals surface area contributed by atoms with E-state index in [2.05, 4.69) is 0 Å². The lowest BCUT2D eigenvalue weighted by Gasteiger charge is -2.23. The van der Waals surface area contributed by atoms with Crippen molar-refractivity contribution in [3.63, 3.8) is 0 Å². The van der Waals surface area contributed by atoms with E-state index in [4.69, 9.17) is 15.2 Å². The van der Waals surface area contributed by atoms with Gasteiger partial charge in [0.25, 0.3) is 0 Å². The van der Waals surface area contributed by atoms with E-state index in [1.807, 2.05) is 13.8 Å². The van der Waals surface area contributed by atoms with Gasteiger partial charge < -0.3 is 15.2 Å². The third-order valence-corrected chi connectivity index (χ3v) is 2.68. The van der Waals surface area contributed by atoms with Gasteiger partial charge in [-0.1, -0.05) is 13.8 Å². The highest BCUT2D eigenvalue weighted by atomic mass is 16.6. The van der Waals surface area contributed by atoms with Gasteiger partial charge in [0.05, 0.1) is 6.10 Å². The molecule has 4 nitrogen and oxygen atoms in total. The Balaban J connectivity index is 2.20. The van der Waals surface area contributed by atoms with Crippen LogP contribution in [0.3, 0.4) is 0 Å². The van der Waals surface area contributed by atoms with Crippen molar-refractivity contribution in [2.75, 3.05) is 13.2 Å². The van der Waals surface area contributed by atoms with Crippen LogP contribution in [0.1, 0.15) is 33.1 Å². The zero-order chi connectivity index (χ0) is 11.3. The number of carbonyl (C=O) groups excluding carboxylic acids is 1. The lowest BCUT2D eigenvalue weighted by atomic mass is 10.1. The number of nitrogens with two attached hydrogens (primary N) is 1. The molecular weight excluding hydrogens is 194 g/mol. The summed E-state index contributed by atoms with van der Waals surface area (Å²) in [6.45, 7) is 4.93. The largest absolute Gasteiger partial charge is 0.462 e. The minimum atomic E-state index is -0.520. The molecule has 2 atom stereocenters. The van der Waals surface area contributed by atoms with E-state index >= 15 is 0 Å². The summed E-state index contributed by atoms with van der Waals surface area (Å²) in [5.74, 6) is -0.205. The molecule has 0 saturated carbocycles. The molecule has 0 spiro atoms. The minimum absolute atomic E-state index is 0.0714. The predicted octanol–water partition coefficient (Wildman–Crippen LogP) is 1.08. The molecule has 1 fully saturated rings. The maximum atomic E-state index is 11.4. The average Bonchev–Trinajstić information content (AvgIpc) is 2.26. The van der Waals surface area contributed by atoms with Crippen molar-refractivity contribution < 1.29 is 14.3 Å². The molecule has 1 aliphatic rings. The fraction of sp³-hybridized carbons (Fsp3) is 0.909. The van der Waals surface area contributed by atoms with Gasteiger partial charge in [0.2, 0.25) is 0 Å². The normalized spacial score (nSPS) is 23.9. The monoisotopic (exact) mass is 215 g/mol. The molecule has 1 aliphatic heterocycles. The molecule has 4 heteroatoms.